The zero-order chi connectivity index (χ0) is 5.82. The summed E-state index contributed by atoms with van der Waals surface area (Å²) in [5.74, 6) is 0.535. The second-order valence-electron chi connectivity index (χ2n) is 1.29. The second-order valence-corrected chi connectivity index (χ2v) is 1.29. The Hall–Kier alpha value is -0.920. The molecule has 0 saturated heterocycles. The average molecular weight is 111 g/mol. The van der Waals surface area contributed by atoms with Gasteiger partial charge in [0.1, 0.15) is 6.61 Å². The summed E-state index contributed by atoms with van der Waals surface area (Å²) in [6, 6.07) is 3.53. The third-order valence-corrected chi connectivity index (χ3v) is 0.729. The molecule has 0 N–H and O–H groups in total. The number of furan rings is 1. The van der Waals surface area contributed by atoms with Gasteiger partial charge in [0.25, 0.3) is 5.95 Å². The van der Waals surface area contributed by atoms with E-state index >= 15 is 0 Å². The lowest BCUT2D eigenvalue weighted by Gasteiger charge is -1.91. The van der Waals surface area contributed by atoms with Gasteiger partial charge in [-0.05, 0) is 13.0 Å². The lowest BCUT2D eigenvalue weighted by molar-refractivity contribution is 0.308. The van der Waals surface area contributed by atoms with Gasteiger partial charge < -0.3 is 9.15 Å². The van der Waals surface area contributed by atoms with Crippen LogP contribution in [0.5, 0.6) is 5.95 Å². The van der Waals surface area contributed by atoms with E-state index in [0.717, 1.165) is 0 Å². The van der Waals surface area contributed by atoms with Gasteiger partial charge in [-0.25, -0.2) is 0 Å². The largest absolute Gasteiger partial charge is 0.458 e. The number of ether oxygens (including phenoxy) is 1. The fraction of sp³-hybridized carbons (Fsp3) is 0.167. The van der Waals surface area contributed by atoms with Crippen molar-refractivity contribution in [3.8, 4) is 5.95 Å². The molecule has 0 aliphatic rings. The Morgan fingerprint density at radius 1 is 1.75 bits per heavy atom. The van der Waals surface area contributed by atoms with E-state index < -0.39 is 0 Å². The van der Waals surface area contributed by atoms with E-state index in [0.29, 0.717) is 5.95 Å². The summed E-state index contributed by atoms with van der Waals surface area (Å²) < 4.78 is 9.67. The van der Waals surface area contributed by atoms with Crippen LogP contribution in [0.4, 0.5) is 0 Å². The second kappa shape index (κ2) is 2.40. The van der Waals surface area contributed by atoms with Crippen LogP contribution in [0, 0.1) is 6.61 Å². The van der Waals surface area contributed by atoms with Crippen molar-refractivity contribution in [1.82, 2.24) is 0 Å². The van der Waals surface area contributed by atoms with E-state index in [2.05, 4.69) is 0 Å². The summed E-state index contributed by atoms with van der Waals surface area (Å²) in [7, 11) is 0. The number of hydrogen-bond acceptors (Lipinski definition) is 2. The first-order chi connectivity index (χ1) is 3.93. The fourth-order valence-electron chi connectivity index (χ4n) is 0.447. The Balaban J connectivity index is 2.50. The molecule has 43 valence electrons. The highest BCUT2D eigenvalue weighted by molar-refractivity contribution is 5.04. The van der Waals surface area contributed by atoms with E-state index in [9.17, 15) is 0 Å². The van der Waals surface area contributed by atoms with Crippen LogP contribution in [-0.2, 0) is 0 Å². The molecule has 0 aliphatic heterocycles. The number of hydrogen-bond donors (Lipinski definition) is 0. The van der Waals surface area contributed by atoms with Crippen LogP contribution in [0.15, 0.2) is 22.8 Å². The zero-order valence-electron chi connectivity index (χ0n) is 4.63. The van der Waals surface area contributed by atoms with Crippen LogP contribution in [0.1, 0.15) is 6.92 Å². The third kappa shape index (κ3) is 1.03. The van der Waals surface area contributed by atoms with Crippen LogP contribution >= 0.6 is 0 Å². The summed E-state index contributed by atoms with van der Waals surface area (Å²) in [4.78, 5) is 0. The SMILES string of the molecule is C[CH]Oc1ccco1. The van der Waals surface area contributed by atoms with Crippen LogP contribution in [0.3, 0.4) is 0 Å². The topological polar surface area (TPSA) is 22.4 Å². The van der Waals surface area contributed by atoms with Crippen molar-refractivity contribution in [2.45, 2.75) is 6.92 Å². The van der Waals surface area contributed by atoms with Crippen molar-refractivity contribution < 1.29 is 9.15 Å². The van der Waals surface area contributed by atoms with Gasteiger partial charge in [0, 0.05) is 6.07 Å². The first kappa shape index (κ1) is 5.22. The van der Waals surface area contributed by atoms with Crippen molar-refractivity contribution >= 4 is 0 Å². The van der Waals surface area contributed by atoms with Crippen LogP contribution in [-0.4, -0.2) is 0 Å². The maximum absolute atomic E-state index is 4.85. The van der Waals surface area contributed by atoms with Crippen molar-refractivity contribution in [1.29, 1.82) is 0 Å². The quantitative estimate of drug-likeness (QED) is 0.581. The van der Waals surface area contributed by atoms with E-state index in [4.69, 9.17) is 9.15 Å². The molecule has 0 atom stereocenters. The molecule has 0 spiro atoms. The maximum atomic E-state index is 4.85. The van der Waals surface area contributed by atoms with E-state index in [-0.39, 0.29) is 0 Å². The van der Waals surface area contributed by atoms with Crippen LogP contribution in [0.2, 0.25) is 0 Å². The molecular weight excluding hydrogens is 104 g/mol. The van der Waals surface area contributed by atoms with Crippen molar-refractivity contribution in [2.24, 2.45) is 0 Å². The minimum atomic E-state index is 0.535. The Labute approximate surface area is 48.1 Å². The molecule has 0 unspecified atom stereocenters. The summed E-state index contributed by atoms with van der Waals surface area (Å²) in [6.45, 7) is 3.36. The first-order valence-electron chi connectivity index (χ1n) is 2.41. The molecule has 0 saturated carbocycles. The monoisotopic (exact) mass is 111 g/mol. The molecular formula is C6H7O2. The predicted octanol–water partition coefficient (Wildman–Crippen LogP) is 1.84. The zero-order valence-corrected chi connectivity index (χ0v) is 4.63. The highest BCUT2D eigenvalue weighted by Crippen LogP contribution is 2.09. The van der Waals surface area contributed by atoms with E-state index in [1.165, 1.54) is 0 Å². The van der Waals surface area contributed by atoms with Gasteiger partial charge in [-0.1, -0.05) is 0 Å². The molecule has 0 aromatic carbocycles. The lowest BCUT2D eigenvalue weighted by atomic mass is 10.6. The van der Waals surface area contributed by atoms with Gasteiger partial charge in [0.05, 0.1) is 6.26 Å². The van der Waals surface area contributed by atoms with Gasteiger partial charge in [0.2, 0.25) is 0 Å². The minimum absolute atomic E-state index is 0.535. The Morgan fingerprint density at radius 3 is 3.12 bits per heavy atom. The molecule has 0 aliphatic carbocycles. The van der Waals surface area contributed by atoms with Crippen molar-refractivity contribution in [2.75, 3.05) is 0 Å². The molecule has 2 heteroatoms. The molecule has 1 radical (unpaired) electrons. The average Bonchev–Trinajstić information content (AvgIpc) is 2.19. The van der Waals surface area contributed by atoms with Crippen molar-refractivity contribution in [3.05, 3.63) is 25.0 Å². The molecule has 2 nitrogen and oxygen atoms in total. The maximum Gasteiger partial charge on any atom is 0.284 e. The fourth-order valence-corrected chi connectivity index (χ4v) is 0.447. The Morgan fingerprint density at radius 2 is 2.62 bits per heavy atom. The lowest BCUT2D eigenvalue weighted by Crippen LogP contribution is -1.79. The predicted molar refractivity (Wildman–Crippen MR) is 29.3 cm³/mol. The standard InChI is InChI=1S/C6H7O2/c1-2-7-6-4-3-5-8-6/h2-5H,1H3. The van der Waals surface area contributed by atoms with Gasteiger partial charge >= 0.3 is 0 Å². The number of rotatable bonds is 2. The Bertz CT molecular complexity index is 132. The summed E-state index contributed by atoms with van der Waals surface area (Å²) >= 11 is 0. The van der Waals surface area contributed by atoms with E-state index in [1.807, 2.05) is 0 Å². The summed E-state index contributed by atoms with van der Waals surface area (Å²) in [5, 5.41) is 0. The molecule has 0 fully saturated rings. The molecule has 0 amide bonds. The molecule has 1 aromatic heterocycles. The summed E-state index contributed by atoms with van der Waals surface area (Å²) in [6.07, 6.45) is 1.57. The normalized spacial score (nSPS) is 9.12. The van der Waals surface area contributed by atoms with Gasteiger partial charge in [0.15, 0.2) is 0 Å². The summed E-state index contributed by atoms with van der Waals surface area (Å²) in [5.41, 5.74) is 0. The minimum Gasteiger partial charge on any atom is -0.458 e. The van der Waals surface area contributed by atoms with Gasteiger partial charge in [-0.15, -0.1) is 0 Å². The smallest absolute Gasteiger partial charge is 0.284 e. The first-order valence-corrected chi connectivity index (χ1v) is 2.41. The third-order valence-electron chi connectivity index (χ3n) is 0.729. The molecule has 1 heterocycles. The van der Waals surface area contributed by atoms with Crippen LogP contribution in [0.25, 0.3) is 0 Å². The van der Waals surface area contributed by atoms with Gasteiger partial charge in [-0.3, -0.25) is 0 Å². The Kier molecular flexibility index (Phi) is 1.57. The van der Waals surface area contributed by atoms with Gasteiger partial charge in [-0.2, -0.15) is 0 Å². The molecule has 8 heavy (non-hydrogen) atoms. The highest BCUT2D eigenvalue weighted by atomic mass is 16.6. The van der Waals surface area contributed by atoms with E-state index in [1.54, 1.807) is 31.9 Å². The van der Waals surface area contributed by atoms with Crippen LogP contribution < -0.4 is 4.74 Å². The molecule has 1 aromatic rings. The molecule has 0 bridgehead atoms. The van der Waals surface area contributed by atoms with Crippen molar-refractivity contribution in [3.63, 3.8) is 0 Å². The molecule has 1 rings (SSSR count). The highest BCUT2D eigenvalue weighted by Gasteiger charge is 1.89.